The van der Waals surface area contributed by atoms with E-state index in [0.29, 0.717) is 30.0 Å². The Kier molecular flexibility index (Phi) is 6.75. The van der Waals surface area contributed by atoms with E-state index < -0.39 is 0 Å². The Balaban J connectivity index is 2.01. The van der Waals surface area contributed by atoms with Gasteiger partial charge in [0.05, 0.1) is 26.8 Å². The Labute approximate surface area is 171 Å². The van der Waals surface area contributed by atoms with Gasteiger partial charge in [0, 0.05) is 24.0 Å². The van der Waals surface area contributed by atoms with Crippen molar-refractivity contribution in [2.45, 2.75) is 45.3 Å². The molecule has 0 radical (unpaired) electrons. The number of ether oxygens (including phenoxy) is 2. The van der Waals surface area contributed by atoms with Crippen molar-refractivity contribution in [2.75, 3.05) is 20.8 Å². The van der Waals surface area contributed by atoms with E-state index in [4.69, 9.17) is 9.47 Å². The normalized spacial score (nSPS) is 19.2. The zero-order chi connectivity index (χ0) is 21.0. The Hall–Kier alpha value is -2.60. The summed E-state index contributed by atoms with van der Waals surface area (Å²) in [5.41, 5.74) is 2.98. The van der Waals surface area contributed by atoms with Gasteiger partial charge in [-0.15, -0.1) is 0 Å². The molecule has 0 aliphatic carbocycles. The zero-order valence-electron chi connectivity index (χ0n) is 17.5. The van der Waals surface area contributed by atoms with Crippen molar-refractivity contribution < 1.29 is 23.6 Å². The number of benzene rings is 2. The molecule has 29 heavy (non-hydrogen) atoms. The third-order valence-electron chi connectivity index (χ3n) is 5.72. The number of carbonyl (C=O) groups excluding carboxylic acids is 1. The van der Waals surface area contributed by atoms with Crippen molar-refractivity contribution in [3.8, 4) is 11.5 Å². The lowest BCUT2D eigenvalue weighted by Gasteiger charge is -2.38. The topological polar surface area (TPSA) is 52.0 Å². The quantitative estimate of drug-likeness (QED) is 0.749. The van der Waals surface area contributed by atoms with Crippen molar-refractivity contribution in [1.82, 2.24) is 5.32 Å². The van der Waals surface area contributed by atoms with E-state index in [-0.39, 0.29) is 23.8 Å². The molecule has 3 rings (SSSR count). The van der Waals surface area contributed by atoms with Crippen LogP contribution in [0, 0.1) is 5.82 Å². The molecule has 0 fully saturated rings. The molecular formula is C23H30FN2O3+. The lowest BCUT2D eigenvalue weighted by Crippen LogP contribution is -3.13. The molecule has 6 heteroatoms. The molecule has 0 spiro atoms. The number of halogens is 1. The minimum Gasteiger partial charge on any atom is -0.493 e. The number of carbonyl (C=O) groups is 1. The molecule has 5 nitrogen and oxygen atoms in total. The van der Waals surface area contributed by atoms with E-state index >= 15 is 0 Å². The van der Waals surface area contributed by atoms with Crippen LogP contribution < -0.4 is 19.7 Å². The molecule has 2 N–H and O–H groups in total. The zero-order valence-corrected chi connectivity index (χ0v) is 17.5. The van der Waals surface area contributed by atoms with Gasteiger partial charge in [-0.3, -0.25) is 4.79 Å². The molecular weight excluding hydrogens is 371 g/mol. The van der Waals surface area contributed by atoms with Crippen molar-refractivity contribution in [3.63, 3.8) is 0 Å². The summed E-state index contributed by atoms with van der Waals surface area (Å²) < 4.78 is 25.3. The second-order valence-electron chi connectivity index (χ2n) is 7.52. The van der Waals surface area contributed by atoms with Crippen LogP contribution in [0.4, 0.5) is 4.39 Å². The largest absolute Gasteiger partial charge is 0.493 e. The van der Waals surface area contributed by atoms with Crippen molar-refractivity contribution in [3.05, 3.63) is 58.9 Å². The first kappa shape index (κ1) is 21.1. The van der Waals surface area contributed by atoms with E-state index in [1.54, 1.807) is 20.3 Å². The Bertz CT molecular complexity index is 871. The molecule has 2 aromatic carbocycles. The van der Waals surface area contributed by atoms with Crippen LogP contribution in [0.2, 0.25) is 0 Å². The minimum absolute atomic E-state index is 0.00958. The summed E-state index contributed by atoms with van der Waals surface area (Å²) in [7, 11) is 3.25. The van der Waals surface area contributed by atoms with Crippen LogP contribution in [0.25, 0.3) is 0 Å². The SMILES string of the molecule is CCC(=O)N[C@@H](C)[C@@H]1c2cc(OC)c(OC)cc2CC[NH+]1Cc1ccccc1F. The highest BCUT2D eigenvalue weighted by atomic mass is 19.1. The first-order chi connectivity index (χ1) is 14.0. The summed E-state index contributed by atoms with van der Waals surface area (Å²) in [6.45, 7) is 5.26. The second kappa shape index (κ2) is 9.27. The maximum absolute atomic E-state index is 14.3. The van der Waals surface area contributed by atoms with E-state index in [1.807, 2.05) is 38.1 Å². The molecule has 3 atom stereocenters. The monoisotopic (exact) mass is 401 g/mol. The average Bonchev–Trinajstić information content (AvgIpc) is 2.73. The van der Waals surface area contributed by atoms with E-state index in [1.165, 1.54) is 16.5 Å². The van der Waals surface area contributed by atoms with E-state index in [2.05, 4.69) is 5.32 Å². The van der Waals surface area contributed by atoms with Gasteiger partial charge in [-0.05, 0) is 30.7 Å². The fraction of sp³-hybridized carbons (Fsp3) is 0.435. The number of hydrogen-bond acceptors (Lipinski definition) is 3. The summed E-state index contributed by atoms with van der Waals surface area (Å²) in [4.78, 5) is 13.3. The molecule has 156 valence electrons. The van der Waals surface area contributed by atoms with Gasteiger partial charge in [-0.1, -0.05) is 25.1 Å². The maximum Gasteiger partial charge on any atom is 0.220 e. The van der Waals surface area contributed by atoms with Crippen LogP contribution >= 0.6 is 0 Å². The van der Waals surface area contributed by atoms with Crippen LogP contribution in [0.1, 0.15) is 43.0 Å². The van der Waals surface area contributed by atoms with Gasteiger partial charge in [0.2, 0.25) is 5.91 Å². The lowest BCUT2D eigenvalue weighted by molar-refractivity contribution is -0.948. The molecule has 1 aliphatic rings. The standard InChI is InChI=1S/C23H29FN2O3/c1-5-22(27)25-15(2)23-18-13-21(29-4)20(28-3)12-16(18)10-11-26(23)14-17-8-6-7-9-19(17)24/h6-9,12-13,15,23H,5,10-11,14H2,1-4H3,(H,25,27)/p+1/t15-,23+/m0/s1. The fourth-order valence-corrected chi connectivity index (χ4v) is 4.26. The Morgan fingerprint density at radius 2 is 1.93 bits per heavy atom. The first-order valence-electron chi connectivity index (χ1n) is 10.1. The average molecular weight is 402 g/mol. The third-order valence-corrected chi connectivity index (χ3v) is 5.72. The molecule has 1 unspecified atom stereocenters. The number of hydrogen-bond donors (Lipinski definition) is 2. The smallest absolute Gasteiger partial charge is 0.220 e. The van der Waals surface area contributed by atoms with Gasteiger partial charge in [-0.25, -0.2) is 4.39 Å². The Morgan fingerprint density at radius 3 is 2.59 bits per heavy atom. The highest BCUT2D eigenvalue weighted by Gasteiger charge is 2.37. The summed E-state index contributed by atoms with van der Waals surface area (Å²) >= 11 is 0. The third kappa shape index (κ3) is 4.53. The van der Waals surface area contributed by atoms with E-state index in [0.717, 1.165) is 18.5 Å². The van der Waals surface area contributed by atoms with Gasteiger partial charge in [0.15, 0.2) is 11.5 Å². The summed E-state index contributed by atoms with van der Waals surface area (Å²) in [5.74, 6) is 1.18. The molecule has 1 amide bonds. The van der Waals surface area contributed by atoms with Gasteiger partial charge >= 0.3 is 0 Å². The van der Waals surface area contributed by atoms with Crippen LogP contribution in [-0.2, 0) is 17.8 Å². The van der Waals surface area contributed by atoms with Crippen LogP contribution in [0.3, 0.4) is 0 Å². The second-order valence-corrected chi connectivity index (χ2v) is 7.52. The molecule has 0 saturated carbocycles. The molecule has 1 heterocycles. The van der Waals surface area contributed by atoms with Gasteiger partial charge in [0.1, 0.15) is 18.4 Å². The van der Waals surface area contributed by atoms with E-state index in [9.17, 15) is 9.18 Å². The van der Waals surface area contributed by atoms with Crippen molar-refractivity contribution in [2.24, 2.45) is 0 Å². The fourth-order valence-electron chi connectivity index (χ4n) is 4.26. The number of methoxy groups -OCH3 is 2. The van der Waals surface area contributed by atoms with Gasteiger partial charge in [-0.2, -0.15) is 0 Å². The maximum atomic E-state index is 14.3. The summed E-state index contributed by atoms with van der Waals surface area (Å²) in [6, 6.07) is 10.8. The van der Waals surface area contributed by atoms with Crippen LogP contribution in [-0.4, -0.2) is 32.7 Å². The highest BCUT2D eigenvalue weighted by Crippen LogP contribution is 2.35. The minimum atomic E-state index is -0.192. The number of nitrogens with one attached hydrogen (secondary N) is 2. The van der Waals surface area contributed by atoms with Gasteiger partial charge < -0.3 is 19.7 Å². The predicted molar refractivity (Wildman–Crippen MR) is 110 cm³/mol. The van der Waals surface area contributed by atoms with Crippen LogP contribution in [0.5, 0.6) is 11.5 Å². The lowest BCUT2D eigenvalue weighted by atomic mass is 9.87. The number of fused-ring (bicyclic) bond motifs is 1. The molecule has 0 bridgehead atoms. The van der Waals surface area contributed by atoms with Crippen LogP contribution in [0.15, 0.2) is 36.4 Å². The van der Waals surface area contributed by atoms with Crippen molar-refractivity contribution in [1.29, 1.82) is 0 Å². The summed E-state index contributed by atoms with van der Waals surface area (Å²) in [6.07, 6.45) is 1.28. The first-order valence-corrected chi connectivity index (χ1v) is 10.1. The summed E-state index contributed by atoms with van der Waals surface area (Å²) in [5, 5.41) is 3.11. The molecule has 1 aliphatic heterocycles. The number of quaternary nitrogens is 1. The predicted octanol–water partition coefficient (Wildman–Crippen LogP) is 2.44. The molecule has 0 aromatic heterocycles. The number of amides is 1. The molecule has 0 saturated heterocycles. The molecule has 2 aromatic rings. The Morgan fingerprint density at radius 1 is 1.24 bits per heavy atom. The van der Waals surface area contributed by atoms with Gasteiger partial charge in [0.25, 0.3) is 0 Å². The van der Waals surface area contributed by atoms with Crippen molar-refractivity contribution >= 4 is 5.91 Å². The number of rotatable bonds is 7. The highest BCUT2D eigenvalue weighted by molar-refractivity contribution is 5.75.